The van der Waals surface area contributed by atoms with Gasteiger partial charge in [0.05, 0.1) is 11.4 Å². The highest BCUT2D eigenvalue weighted by Gasteiger charge is 2.22. The number of hydrogen-bond donors (Lipinski definition) is 2. The third-order valence-electron chi connectivity index (χ3n) is 4.44. The van der Waals surface area contributed by atoms with Gasteiger partial charge >= 0.3 is 0 Å². The Kier molecular flexibility index (Phi) is 4.08. The molecule has 3 N–H and O–H groups in total. The third-order valence-corrected chi connectivity index (χ3v) is 5.56. The maximum Gasteiger partial charge on any atom is 0.268 e. The Morgan fingerprint density at radius 2 is 2.15 bits per heavy atom. The van der Waals surface area contributed by atoms with E-state index in [1.165, 1.54) is 0 Å². The average molecular weight is 374 g/mol. The lowest BCUT2D eigenvalue weighted by Crippen LogP contribution is -2.27. The van der Waals surface area contributed by atoms with Gasteiger partial charge in [0.2, 0.25) is 0 Å². The number of nitrogens with two attached hydrogens (primary N) is 1. The highest BCUT2D eigenvalue weighted by Crippen LogP contribution is 2.35. The standard InChI is InChI=1S/C18H16F2N4OS/c1-24-5-4-13-9(8-24)6-11-15(21)16(26-18(11)23-13)17(25)22-14-7-10(19)2-3-12(14)20/h2-3,6-7H,4-5,8,21H2,1H3,(H,22,25). The number of nitrogen functional groups attached to an aromatic ring is 1. The van der Waals surface area contributed by atoms with Crippen molar-refractivity contribution in [3.63, 3.8) is 0 Å². The van der Waals surface area contributed by atoms with Crippen LogP contribution in [0.5, 0.6) is 0 Å². The number of halogens is 2. The first-order valence-corrected chi connectivity index (χ1v) is 8.89. The quantitative estimate of drug-likeness (QED) is 0.721. The fraction of sp³-hybridized carbons (Fsp3) is 0.222. The van der Waals surface area contributed by atoms with Crippen molar-refractivity contribution < 1.29 is 13.6 Å². The molecule has 0 radical (unpaired) electrons. The van der Waals surface area contributed by atoms with Gasteiger partial charge in [-0.3, -0.25) is 4.79 Å². The fourth-order valence-electron chi connectivity index (χ4n) is 3.08. The molecule has 0 unspecified atom stereocenters. The minimum Gasteiger partial charge on any atom is -0.397 e. The molecule has 1 aliphatic rings. The summed E-state index contributed by atoms with van der Waals surface area (Å²) in [6.45, 7) is 1.71. The number of nitrogens with one attached hydrogen (secondary N) is 1. The zero-order chi connectivity index (χ0) is 18.4. The number of nitrogens with zero attached hydrogens (tertiary/aromatic N) is 2. The second kappa shape index (κ2) is 6.30. The molecule has 5 nitrogen and oxygen atoms in total. The van der Waals surface area contributed by atoms with Crippen LogP contribution in [0.3, 0.4) is 0 Å². The Labute approximate surface area is 152 Å². The molecule has 1 aliphatic heterocycles. The third kappa shape index (κ3) is 2.91. The summed E-state index contributed by atoms with van der Waals surface area (Å²) in [4.78, 5) is 20.3. The molecule has 1 amide bonds. The maximum absolute atomic E-state index is 13.8. The van der Waals surface area contributed by atoms with Gasteiger partial charge in [-0.1, -0.05) is 0 Å². The number of hydrogen-bond acceptors (Lipinski definition) is 5. The monoisotopic (exact) mass is 374 g/mol. The highest BCUT2D eigenvalue weighted by atomic mass is 32.1. The van der Waals surface area contributed by atoms with E-state index in [1.807, 2.05) is 13.1 Å². The van der Waals surface area contributed by atoms with E-state index in [9.17, 15) is 13.6 Å². The summed E-state index contributed by atoms with van der Waals surface area (Å²) in [5, 5.41) is 3.10. The largest absolute Gasteiger partial charge is 0.397 e. The predicted molar refractivity (Wildman–Crippen MR) is 98.4 cm³/mol. The molecule has 0 aliphatic carbocycles. The van der Waals surface area contributed by atoms with Crippen molar-refractivity contribution in [1.29, 1.82) is 0 Å². The molecule has 3 heterocycles. The van der Waals surface area contributed by atoms with E-state index in [4.69, 9.17) is 5.73 Å². The molecule has 4 rings (SSSR count). The van der Waals surface area contributed by atoms with Gasteiger partial charge < -0.3 is 16.0 Å². The summed E-state index contributed by atoms with van der Waals surface area (Å²) in [7, 11) is 2.04. The van der Waals surface area contributed by atoms with Crippen molar-refractivity contribution >= 4 is 38.8 Å². The number of anilines is 2. The summed E-state index contributed by atoms with van der Waals surface area (Å²) in [6.07, 6.45) is 0.843. The van der Waals surface area contributed by atoms with Gasteiger partial charge in [-0.05, 0) is 30.8 Å². The molecule has 3 aromatic rings. The fourth-order valence-corrected chi connectivity index (χ4v) is 4.07. The van der Waals surface area contributed by atoms with Crippen molar-refractivity contribution in [2.75, 3.05) is 24.6 Å². The van der Waals surface area contributed by atoms with E-state index in [1.54, 1.807) is 0 Å². The number of amides is 1. The van der Waals surface area contributed by atoms with Crippen LogP contribution in [0.25, 0.3) is 10.2 Å². The van der Waals surface area contributed by atoms with Crippen LogP contribution in [0, 0.1) is 11.6 Å². The van der Waals surface area contributed by atoms with Crippen LogP contribution in [0.2, 0.25) is 0 Å². The van der Waals surface area contributed by atoms with Crippen molar-refractivity contribution in [2.45, 2.75) is 13.0 Å². The lowest BCUT2D eigenvalue weighted by molar-refractivity contribution is 0.103. The first-order valence-electron chi connectivity index (χ1n) is 8.08. The van der Waals surface area contributed by atoms with E-state index >= 15 is 0 Å². The number of aromatic nitrogens is 1. The van der Waals surface area contributed by atoms with E-state index in [-0.39, 0.29) is 10.6 Å². The van der Waals surface area contributed by atoms with Gasteiger partial charge in [-0.25, -0.2) is 13.8 Å². The summed E-state index contributed by atoms with van der Waals surface area (Å²) < 4.78 is 27.1. The van der Waals surface area contributed by atoms with E-state index in [2.05, 4.69) is 15.2 Å². The Balaban J connectivity index is 1.71. The van der Waals surface area contributed by atoms with Crippen molar-refractivity contribution in [2.24, 2.45) is 0 Å². The molecule has 1 aromatic carbocycles. The molecular weight excluding hydrogens is 358 g/mol. The van der Waals surface area contributed by atoms with Crippen molar-refractivity contribution in [1.82, 2.24) is 9.88 Å². The Hall–Kier alpha value is -2.58. The Bertz CT molecular complexity index is 1030. The van der Waals surface area contributed by atoms with Crippen LogP contribution < -0.4 is 11.1 Å². The van der Waals surface area contributed by atoms with E-state index < -0.39 is 17.5 Å². The molecule has 26 heavy (non-hydrogen) atoms. The Morgan fingerprint density at radius 3 is 2.96 bits per heavy atom. The lowest BCUT2D eigenvalue weighted by Gasteiger charge is -2.24. The summed E-state index contributed by atoms with van der Waals surface area (Å²) in [5.74, 6) is -1.93. The SMILES string of the molecule is CN1CCc2nc3sc(C(=O)Nc4cc(F)ccc4F)c(N)c3cc2C1. The van der Waals surface area contributed by atoms with Crippen molar-refractivity contribution in [3.05, 3.63) is 52.0 Å². The predicted octanol–water partition coefficient (Wildman–Crippen LogP) is 3.40. The summed E-state index contributed by atoms with van der Waals surface area (Å²) >= 11 is 1.16. The minimum atomic E-state index is -0.712. The first kappa shape index (κ1) is 16.9. The Morgan fingerprint density at radius 1 is 1.35 bits per heavy atom. The van der Waals surface area contributed by atoms with E-state index in [0.717, 1.165) is 60.3 Å². The van der Waals surface area contributed by atoms with Crippen LogP contribution in [0.15, 0.2) is 24.3 Å². The van der Waals surface area contributed by atoms with Gasteiger partial charge in [0.1, 0.15) is 21.3 Å². The highest BCUT2D eigenvalue weighted by molar-refractivity contribution is 7.21. The number of benzene rings is 1. The number of likely N-dealkylation sites (N-methyl/N-ethyl adjacent to an activating group) is 1. The summed E-state index contributed by atoms with van der Waals surface area (Å²) in [6, 6.07) is 4.86. The molecule has 2 aromatic heterocycles. The number of thiophene rings is 1. The van der Waals surface area contributed by atoms with Gasteiger partial charge in [-0.2, -0.15) is 0 Å². The minimum absolute atomic E-state index is 0.222. The molecule has 8 heteroatoms. The molecule has 0 bridgehead atoms. The molecular formula is C18H16F2N4OS. The molecule has 0 spiro atoms. The average Bonchev–Trinajstić information content (AvgIpc) is 2.92. The van der Waals surface area contributed by atoms with E-state index in [0.29, 0.717) is 15.9 Å². The lowest BCUT2D eigenvalue weighted by atomic mass is 10.0. The normalized spacial score (nSPS) is 14.4. The van der Waals surface area contributed by atoms with Gasteiger partial charge in [0.15, 0.2) is 0 Å². The summed E-state index contributed by atoms with van der Waals surface area (Å²) in [5.41, 5.74) is 8.35. The van der Waals surface area contributed by atoms with Gasteiger partial charge in [-0.15, -0.1) is 11.3 Å². The van der Waals surface area contributed by atoms with Crippen LogP contribution in [-0.2, 0) is 13.0 Å². The van der Waals surface area contributed by atoms with Crippen LogP contribution in [0.1, 0.15) is 20.9 Å². The molecule has 0 atom stereocenters. The molecule has 0 fully saturated rings. The van der Waals surface area contributed by atoms with Gasteiger partial charge in [0, 0.05) is 36.7 Å². The second-order valence-electron chi connectivity index (χ2n) is 6.36. The van der Waals surface area contributed by atoms with Crippen molar-refractivity contribution in [3.8, 4) is 0 Å². The first-order chi connectivity index (χ1) is 12.4. The second-order valence-corrected chi connectivity index (χ2v) is 7.36. The number of fused-ring (bicyclic) bond motifs is 2. The zero-order valence-corrected chi connectivity index (χ0v) is 14.8. The number of rotatable bonds is 2. The van der Waals surface area contributed by atoms with Crippen LogP contribution in [0.4, 0.5) is 20.2 Å². The smallest absolute Gasteiger partial charge is 0.268 e. The van der Waals surface area contributed by atoms with Crippen LogP contribution >= 0.6 is 11.3 Å². The molecule has 0 saturated carbocycles. The molecule has 134 valence electrons. The molecule has 0 saturated heterocycles. The number of carbonyl (C=O) groups excluding carboxylic acids is 1. The zero-order valence-electron chi connectivity index (χ0n) is 14.0. The topological polar surface area (TPSA) is 71.2 Å². The number of pyridine rings is 1. The maximum atomic E-state index is 13.8. The van der Waals surface area contributed by atoms with Gasteiger partial charge in [0.25, 0.3) is 5.91 Å². The number of carbonyl (C=O) groups is 1. The van der Waals surface area contributed by atoms with Crippen LogP contribution in [-0.4, -0.2) is 29.4 Å².